The molecule has 0 unspecified atom stereocenters. The van der Waals surface area contributed by atoms with Gasteiger partial charge in [0.2, 0.25) is 0 Å². The summed E-state index contributed by atoms with van der Waals surface area (Å²) in [7, 11) is 1.59. The molecule has 0 saturated carbocycles. The van der Waals surface area contributed by atoms with Crippen LogP contribution in [0.1, 0.15) is 18.1 Å². The van der Waals surface area contributed by atoms with E-state index in [4.69, 9.17) is 0 Å². The quantitative estimate of drug-likeness (QED) is 0.383. The summed E-state index contributed by atoms with van der Waals surface area (Å²) >= 11 is 0. The second kappa shape index (κ2) is 8.92. The molecule has 0 aliphatic heterocycles. The molecule has 0 spiro atoms. The SMILES string of the molecule is CCN(C)c1cc(C(F)(F)F)c(-c2cnc3c(Nc4ccc(C(F)(F)F)cn4)ccnc3n2)nn1. The predicted molar refractivity (Wildman–Crippen MR) is 115 cm³/mol. The highest BCUT2D eigenvalue weighted by atomic mass is 19.4. The fourth-order valence-electron chi connectivity index (χ4n) is 3.04. The van der Waals surface area contributed by atoms with E-state index in [-0.39, 0.29) is 28.5 Å². The summed E-state index contributed by atoms with van der Waals surface area (Å²) < 4.78 is 79.5. The number of rotatable bonds is 5. The highest BCUT2D eigenvalue weighted by molar-refractivity contribution is 5.87. The van der Waals surface area contributed by atoms with Crippen molar-refractivity contribution in [2.75, 3.05) is 23.8 Å². The van der Waals surface area contributed by atoms with Crippen molar-refractivity contribution >= 4 is 28.5 Å². The maximum atomic E-state index is 13.8. The molecule has 8 nitrogen and oxygen atoms in total. The van der Waals surface area contributed by atoms with Gasteiger partial charge in [-0.3, -0.25) is 0 Å². The van der Waals surface area contributed by atoms with Crippen LogP contribution in [-0.4, -0.2) is 43.7 Å². The lowest BCUT2D eigenvalue weighted by Gasteiger charge is -2.18. The summed E-state index contributed by atoms with van der Waals surface area (Å²) in [5.41, 5.74) is -2.19. The third-order valence-electron chi connectivity index (χ3n) is 5.00. The van der Waals surface area contributed by atoms with E-state index < -0.39 is 29.2 Å². The van der Waals surface area contributed by atoms with Gasteiger partial charge in [0.1, 0.15) is 22.7 Å². The Morgan fingerprint density at radius 2 is 1.69 bits per heavy atom. The molecule has 0 saturated heterocycles. The molecule has 4 rings (SSSR count). The Bertz CT molecular complexity index is 1360. The van der Waals surface area contributed by atoms with E-state index in [2.05, 4.69) is 35.5 Å². The molecule has 4 aromatic rings. The molecule has 0 radical (unpaired) electrons. The highest BCUT2D eigenvalue weighted by Gasteiger charge is 2.36. The van der Waals surface area contributed by atoms with E-state index in [0.717, 1.165) is 24.4 Å². The van der Waals surface area contributed by atoms with E-state index in [1.54, 1.807) is 14.0 Å². The van der Waals surface area contributed by atoms with E-state index in [1.807, 2.05) is 0 Å². The zero-order valence-electron chi connectivity index (χ0n) is 18.1. The Kier molecular flexibility index (Phi) is 6.13. The molecule has 0 atom stereocenters. The van der Waals surface area contributed by atoms with Crippen molar-refractivity contribution in [1.29, 1.82) is 0 Å². The molecular weight excluding hydrogens is 478 g/mol. The first-order valence-corrected chi connectivity index (χ1v) is 10.1. The molecule has 0 bridgehead atoms. The zero-order chi connectivity index (χ0) is 25.4. The van der Waals surface area contributed by atoms with Gasteiger partial charge in [-0.05, 0) is 31.2 Å². The fraction of sp³-hybridized carbons (Fsp3) is 0.238. The molecule has 4 aromatic heterocycles. The standard InChI is InChI=1S/C21H16F6N8/c1-3-35(2)16-8-12(21(25,26)27)17(34-33-16)14-10-30-18-13(6-7-28-19(18)32-14)31-15-5-4-11(9-29-15)20(22,23)24/h4-10H,3H2,1-2H3,(H,28,29,31,32). The van der Waals surface area contributed by atoms with E-state index in [1.165, 1.54) is 17.2 Å². The van der Waals surface area contributed by atoms with Crippen LogP contribution in [0.3, 0.4) is 0 Å². The Balaban J connectivity index is 1.72. The molecule has 14 heteroatoms. The number of hydrogen-bond acceptors (Lipinski definition) is 8. The van der Waals surface area contributed by atoms with Crippen LogP contribution in [0.5, 0.6) is 0 Å². The van der Waals surface area contributed by atoms with Crippen molar-refractivity contribution in [3.63, 3.8) is 0 Å². The number of fused-ring (bicyclic) bond motifs is 1. The molecular formula is C21H16F6N8. The summed E-state index contributed by atoms with van der Waals surface area (Å²) in [5, 5.41) is 10.4. The molecule has 182 valence electrons. The van der Waals surface area contributed by atoms with Crippen molar-refractivity contribution in [1.82, 2.24) is 30.1 Å². The molecule has 0 amide bonds. The Morgan fingerprint density at radius 1 is 0.914 bits per heavy atom. The highest BCUT2D eigenvalue weighted by Crippen LogP contribution is 2.37. The van der Waals surface area contributed by atoms with Crippen LogP contribution in [0.2, 0.25) is 0 Å². The van der Waals surface area contributed by atoms with Crippen LogP contribution in [0.25, 0.3) is 22.6 Å². The van der Waals surface area contributed by atoms with E-state index in [9.17, 15) is 26.3 Å². The van der Waals surface area contributed by atoms with Crippen LogP contribution in [-0.2, 0) is 12.4 Å². The van der Waals surface area contributed by atoms with Crippen LogP contribution in [0, 0.1) is 0 Å². The van der Waals surface area contributed by atoms with Gasteiger partial charge in [0, 0.05) is 26.0 Å². The summed E-state index contributed by atoms with van der Waals surface area (Å²) in [4.78, 5) is 17.6. The number of alkyl halides is 6. The molecule has 0 aromatic carbocycles. The molecule has 1 N–H and O–H groups in total. The smallest absolute Gasteiger partial charge is 0.358 e. The van der Waals surface area contributed by atoms with Gasteiger partial charge in [0.05, 0.1) is 23.0 Å². The van der Waals surface area contributed by atoms with Gasteiger partial charge in [-0.1, -0.05) is 0 Å². The Labute approximate surface area is 194 Å². The van der Waals surface area contributed by atoms with Crippen molar-refractivity contribution in [3.05, 3.63) is 54.0 Å². The second-order valence-electron chi connectivity index (χ2n) is 7.32. The van der Waals surface area contributed by atoms with Gasteiger partial charge in [0.15, 0.2) is 11.5 Å². The lowest BCUT2D eigenvalue weighted by Crippen LogP contribution is -2.20. The normalized spacial score (nSPS) is 12.1. The first-order chi connectivity index (χ1) is 16.5. The molecule has 35 heavy (non-hydrogen) atoms. The van der Waals surface area contributed by atoms with E-state index >= 15 is 0 Å². The van der Waals surface area contributed by atoms with Crippen LogP contribution in [0.4, 0.5) is 43.7 Å². The number of nitrogens with zero attached hydrogens (tertiary/aromatic N) is 7. The number of nitrogens with one attached hydrogen (secondary N) is 1. The van der Waals surface area contributed by atoms with Crippen LogP contribution in [0.15, 0.2) is 42.9 Å². The number of aromatic nitrogens is 6. The van der Waals surface area contributed by atoms with Crippen LogP contribution < -0.4 is 10.2 Å². The summed E-state index contributed by atoms with van der Waals surface area (Å²) in [6.45, 7) is 2.18. The Hall–Kier alpha value is -4.10. The van der Waals surface area contributed by atoms with Gasteiger partial charge >= 0.3 is 12.4 Å². The minimum Gasteiger partial charge on any atom is -0.358 e. The summed E-state index contributed by atoms with van der Waals surface area (Å²) in [5.74, 6) is 0.142. The predicted octanol–water partition coefficient (Wildman–Crippen LogP) is 5.11. The average molecular weight is 494 g/mol. The lowest BCUT2D eigenvalue weighted by atomic mass is 10.1. The largest absolute Gasteiger partial charge is 0.418 e. The van der Waals surface area contributed by atoms with Crippen molar-refractivity contribution < 1.29 is 26.3 Å². The van der Waals surface area contributed by atoms with Gasteiger partial charge in [-0.25, -0.2) is 19.9 Å². The third-order valence-corrected chi connectivity index (χ3v) is 5.00. The monoisotopic (exact) mass is 494 g/mol. The maximum Gasteiger partial charge on any atom is 0.418 e. The van der Waals surface area contributed by atoms with E-state index in [0.29, 0.717) is 18.4 Å². The van der Waals surface area contributed by atoms with Crippen molar-refractivity contribution in [2.45, 2.75) is 19.3 Å². The molecule has 0 fully saturated rings. The zero-order valence-corrected chi connectivity index (χ0v) is 18.1. The number of hydrogen-bond donors (Lipinski definition) is 1. The van der Waals surface area contributed by atoms with Crippen molar-refractivity contribution in [2.24, 2.45) is 0 Å². The van der Waals surface area contributed by atoms with Gasteiger partial charge in [0.25, 0.3) is 0 Å². The minimum atomic E-state index is -4.73. The van der Waals surface area contributed by atoms with Gasteiger partial charge < -0.3 is 10.2 Å². The lowest BCUT2D eigenvalue weighted by molar-refractivity contribution is -0.138. The number of halogens is 6. The topological polar surface area (TPSA) is 92.6 Å². The third kappa shape index (κ3) is 5.05. The fourth-order valence-corrected chi connectivity index (χ4v) is 3.04. The number of anilines is 3. The van der Waals surface area contributed by atoms with Gasteiger partial charge in [-0.2, -0.15) is 26.3 Å². The summed E-state index contributed by atoms with van der Waals surface area (Å²) in [6.07, 6.45) is -6.16. The molecule has 0 aliphatic carbocycles. The Morgan fingerprint density at radius 3 is 2.31 bits per heavy atom. The maximum absolute atomic E-state index is 13.8. The summed E-state index contributed by atoms with van der Waals surface area (Å²) in [6, 6.07) is 4.36. The average Bonchev–Trinajstić information content (AvgIpc) is 2.82. The van der Waals surface area contributed by atoms with Gasteiger partial charge in [-0.15, -0.1) is 10.2 Å². The second-order valence-corrected chi connectivity index (χ2v) is 7.32. The minimum absolute atomic E-state index is 0.0101. The van der Waals surface area contributed by atoms with Crippen LogP contribution >= 0.6 is 0 Å². The first-order valence-electron chi connectivity index (χ1n) is 10.1. The molecule has 4 heterocycles. The first kappa shape index (κ1) is 24.0. The number of pyridine rings is 2. The van der Waals surface area contributed by atoms with Crippen molar-refractivity contribution in [3.8, 4) is 11.4 Å². The molecule has 0 aliphatic rings.